The molecule has 0 aromatic heterocycles. The average molecular weight is 283 g/mol. The topological polar surface area (TPSA) is 79.5 Å². The predicted molar refractivity (Wildman–Crippen MR) is 66.3 cm³/mol. The summed E-state index contributed by atoms with van der Waals surface area (Å²) in [6.45, 7) is 1.44. The number of amides is 1. The van der Waals surface area contributed by atoms with Crippen LogP contribution in [0.2, 0.25) is 0 Å². The lowest BCUT2D eigenvalue weighted by atomic mass is 10.2. The minimum atomic E-state index is -0.257. The first-order valence-electron chi connectivity index (χ1n) is 4.81. The Balaban J connectivity index is 2.16. The molecule has 0 saturated heterocycles. The van der Waals surface area contributed by atoms with Crippen molar-refractivity contribution in [1.82, 2.24) is 10.6 Å². The number of halogens is 1. The molecule has 16 heavy (non-hydrogen) atoms. The molecule has 1 heterocycles. The van der Waals surface area contributed by atoms with Gasteiger partial charge in [0.25, 0.3) is 5.91 Å². The third-order valence-electron chi connectivity index (χ3n) is 2.17. The first-order valence-corrected chi connectivity index (χ1v) is 5.61. The van der Waals surface area contributed by atoms with Crippen molar-refractivity contribution in [3.05, 3.63) is 28.2 Å². The summed E-state index contributed by atoms with van der Waals surface area (Å²) < 4.78 is 0.813. The lowest BCUT2D eigenvalue weighted by Crippen LogP contribution is -2.38. The van der Waals surface area contributed by atoms with E-state index in [1.54, 1.807) is 18.2 Å². The van der Waals surface area contributed by atoms with Crippen molar-refractivity contribution in [2.75, 3.05) is 18.8 Å². The first-order chi connectivity index (χ1) is 7.66. The zero-order valence-electron chi connectivity index (χ0n) is 8.46. The highest BCUT2D eigenvalue weighted by Crippen LogP contribution is 2.18. The molecule has 5 nitrogen and oxygen atoms in total. The summed E-state index contributed by atoms with van der Waals surface area (Å²) in [7, 11) is 0. The molecule has 0 unspecified atom stereocenters. The van der Waals surface area contributed by atoms with Crippen molar-refractivity contribution in [2.45, 2.75) is 0 Å². The fourth-order valence-electron chi connectivity index (χ4n) is 1.38. The van der Waals surface area contributed by atoms with Crippen LogP contribution >= 0.6 is 15.9 Å². The van der Waals surface area contributed by atoms with E-state index in [1.807, 2.05) is 0 Å². The number of carbonyl (C=O) groups is 1. The summed E-state index contributed by atoms with van der Waals surface area (Å²) in [5.41, 5.74) is 6.60. The van der Waals surface area contributed by atoms with Gasteiger partial charge in [-0.25, -0.2) is 0 Å². The van der Waals surface area contributed by atoms with Gasteiger partial charge in [0.2, 0.25) is 0 Å². The molecule has 0 atom stereocenters. The highest BCUT2D eigenvalue weighted by Gasteiger charge is 2.13. The predicted octanol–water partition coefficient (Wildman–Crippen LogP) is 0.720. The van der Waals surface area contributed by atoms with Crippen molar-refractivity contribution in [3.63, 3.8) is 0 Å². The van der Waals surface area contributed by atoms with E-state index in [1.165, 1.54) is 0 Å². The molecule has 0 aliphatic carbocycles. The van der Waals surface area contributed by atoms with Gasteiger partial charge in [0.1, 0.15) is 0 Å². The third-order valence-corrected chi connectivity index (χ3v) is 2.66. The summed E-state index contributed by atoms with van der Waals surface area (Å²) in [5, 5.41) is 5.62. The molecule has 1 aliphatic rings. The average Bonchev–Trinajstić information content (AvgIpc) is 2.74. The zero-order chi connectivity index (χ0) is 11.5. The number of carbonyl (C=O) groups excluding carboxylic acids is 1. The number of aliphatic imine (C=N–C) groups is 1. The molecule has 1 aromatic rings. The number of benzene rings is 1. The SMILES string of the molecule is Nc1ccc(Br)cc1C(=O)NC1=NCCN1. The summed E-state index contributed by atoms with van der Waals surface area (Å²) in [6, 6.07) is 5.15. The van der Waals surface area contributed by atoms with Gasteiger partial charge in [-0.05, 0) is 18.2 Å². The molecular weight excluding hydrogens is 272 g/mol. The summed E-state index contributed by atoms with van der Waals surface area (Å²) in [6.07, 6.45) is 0. The normalized spacial score (nSPS) is 14.2. The Kier molecular flexibility index (Phi) is 3.09. The van der Waals surface area contributed by atoms with Gasteiger partial charge >= 0.3 is 0 Å². The van der Waals surface area contributed by atoms with Crippen molar-refractivity contribution in [1.29, 1.82) is 0 Å². The number of anilines is 1. The van der Waals surface area contributed by atoms with E-state index >= 15 is 0 Å². The van der Waals surface area contributed by atoms with Crippen LogP contribution in [0.5, 0.6) is 0 Å². The highest BCUT2D eigenvalue weighted by atomic mass is 79.9. The van der Waals surface area contributed by atoms with E-state index in [0.29, 0.717) is 23.8 Å². The van der Waals surface area contributed by atoms with E-state index in [4.69, 9.17) is 5.73 Å². The molecule has 6 heteroatoms. The van der Waals surface area contributed by atoms with Gasteiger partial charge in [0, 0.05) is 16.7 Å². The molecule has 0 spiro atoms. The fraction of sp³-hybridized carbons (Fsp3) is 0.200. The Bertz CT molecular complexity index is 458. The Morgan fingerprint density at radius 2 is 2.38 bits per heavy atom. The van der Waals surface area contributed by atoms with E-state index in [2.05, 4.69) is 31.6 Å². The van der Waals surface area contributed by atoms with Crippen molar-refractivity contribution >= 4 is 33.5 Å². The van der Waals surface area contributed by atoms with Crippen LogP contribution in [-0.4, -0.2) is 25.0 Å². The fourth-order valence-corrected chi connectivity index (χ4v) is 1.74. The summed E-state index contributed by atoms with van der Waals surface area (Å²) in [5.74, 6) is 0.247. The zero-order valence-corrected chi connectivity index (χ0v) is 10.0. The van der Waals surface area contributed by atoms with Gasteiger partial charge in [-0.15, -0.1) is 0 Å². The number of nitrogens with zero attached hydrogens (tertiary/aromatic N) is 1. The Morgan fingerprint density at radius 3 is 3.06 bits per heavy atom. The van der Waals surface area contributed by atoms with Crippen LogP contribution in [-0.2, 0) is 0 Å². The van der Waals surface area contributed by atoms with E-state index in [-0.39, 0.29) is 5.91 Å². The van der Waals surface area contributed by atoms with Gasteiger partial charge in [-0.3, -0.25) is 15.1 Å². The van der Waals surface area contributed by atoms with Gasteiger partial charge in [-0.1, -0.05) is 15.9 Å². The second-order valence-corrected chi connectivity index (χ2v) is 4.26. The molecule has 84 valence electrons. The molecule has 4 N–H and O–H groups in total. The number of nitrogens with one attached hydrogen (secondary N) is 2. The van der Waals surface area contributed by atoms with E-state index in [9.17, 15) is 4.79 Å². The number of guanidine groups is 1. The second kappa shape index (κ2) is 4.52. The van der Waals surface area contributed by atoms with Gasteiger partial charge in [0.05, 0.1) is 12.1 Å². The molecule has 0 bridgehead atoms. The Hall–Kier alpha value is -1.56. The number of rotatable bonds is 1. The number of nitrogen functional groups attached to an aromatic ring is 1. The van der Waals surface area contributed by atoms with Crippen molar-refractivity contribution < 1.29 is 4.79 Å². The van der Waals surface area contributed by atoms with Gasteiger partial charge < -0.3 is 11.1 Å². The van der Waals surface area contributed by atoms with Crippen LogP contribution in [0.15, 0.2) is 27.7 Å². The second-order valence-electron chi connectivity index (χ2n) is 3.34. The molecular formula is C10H11BrN4O. The van der Waals surface area contributed by atoms with Crippen molar-refractivity contribution in [3.8, 4) is 0 Å². The molecule has 0 radical (unpaired) electrons. The Labute approximate surface area is 101 Å². The lowest BCUT2D eigenvalue weighted by molar-refractivity contribution is 0.0977. The van der Waals surface area contributed by atoms with Crippen LogP contribution in [0.1, 0.15) is 10.4 Å². The van der Waals surface area contributed by atoms with Crippen LogP contribution in [0.3, 0.4) is 0 Å². The van der Waals surface area contributed by atoms with Crippen LogP contribution in [0.4, 0.5) is 5.69 Å². The minimum absolute atomic E-state index is 0.257. The monoisotopic (exact) mass is 282 g/mol. The smallest absolute Gasteiger partial charge is 0.260 e. The van der Waals surface area contributed by atoms with Gasteiger partial charge in [-0.2, -0.15) is 0 Å². The van der Waals surface area contributed by atoms with Gasteiger partial charge in [0.15, 0.2) is 5.96 Å². The van der Waals surface area contributed by atoms with Crippen molar-refractivity contribution in [2.24, 2.45) is 4.99 Å². The van der Waals surface area contributed by atoms with E-state index < -0.39 is 0 Å². The molecule has 2 rings (SSSR count). The maximum Gasteiger partial charge on any atom is 0.260 e. The minimum Gasteiger partial charge on any atom is -0.398 e. The number of nitrogens with two attached hydrogens (primary N) is 1. The highest BCUT2D eigenvalue weighted by molar-refractivity contribution is 9.10. The molecule has 0 saturated carbocycles. The molecule has 1 amide bonds. The molecule has 0 fully saturated rings. The number of hydrogen-bond donors (Lipinski definition) is 3. The maximum atomic E-state index is 11.8. The first kappa shape index (κ1) is 10.9. The Morgan fingerprint density at radius 1 is 1.56 bits per heavy atom. The summed E-state index contributed by atoms with van der Waals surface area (Å²) >= 11 is 3.30. The third kappa shape index (κ3) is 2.33. The molecule has 1 aliphatic heterocycles. The van der Waals surface area contributed by atoms with Crippen LogP contribution in [0, 0.1) is 0 Å². The number of hydrogen-bond acceptors (Lipinski definition) is 4. The van der Waals surface area contributed by atoms with Crippen LogP contribution in [0.25, 0.3) is 0 Å². The standard InChI is InChI=1S/C10H11BrN4O/c11-6-1-2-8(12)7(5-6)9(16)15-10-13-3-4-14-10/h1-2,5H,3-4,12H2,(H2,13,14,15,16). The quantitative estimate of drug-likeness (QED) is 0.664. The molecule has 1 aromatic carbocycles. The van der Waals surface area contributed by atoms with E-state index in [0.717, 1.165) is 11.0 Å². The maximum absolute atomic E-state index is 11.8. The lowest BCUT2D eigenvalue weighted by Gasteiger charge is -2.07. The largest absolute Gasteiger partial charge is 0.398 e. The summed E-state index contributed by atoms with van der Waals surface area (Å²) in [4.78, 5) is 15.9. The van der Waals surface area contributed by atoms with Crippen LogP contribution < -0.4 is 16.4 Å².